The average Bonchev–Trinajstić information content (AvgIpc) is 2.82. The van der Waals surface area contributed by atoms with Crippen LogP contribution in [0.2, 0.25) is 0 Å². The van der Waals surface area contributed by atoms with Crippen molar-refractivity contribution in [3.05, 3.63) is 64.7 Å². The molecule has 0 radical (unpaired) electrons. The van der Waals surface area contributed by atoms with E-state index in [2.05, 4.69) is 51.2 Å². The van der Waals surface area contributed by atoms with E-state index in [1.807, 2.05) is 29.2 Å². The number of rotatable bonds is 0. The Kier molecular flexibility index (Phi) is 2.87. The number of anilines is 2. The van der Waals surface area contributed by atoms with Gasteiger partial charge in [0.15, 0.2) is 0 Å². The number of carbonyl (C=O) groups excluding carboxylic acids is 1. The number of allylic oxidation sites excluding steroid dienone is 1. The summed E-state index contributed by atoms with van der Waals surface area (Å²) in [5, 5.41) is 3.44. The molecular formula is C22H22N2O2. The topological polar surface area (TPSA) is 41.6 Å². The van der Waals surface area contributed by atoms with Crippen LogP contribution in [0.1, 0.15) is 43.0 Å². The lowest BCUT2D eigenvalue weighted by Crippen LogP contribution is -2.55. The number of nitrogens with zero attached hydrogens (tertiary/aromatic N) is 1. The lowest BCUT2D eigenvalue weighted by atomic mass is 9.88. The van der Waals surface area contributed by atoms with Gasteiger partial charge in [-0.05, 0) is 57.0 Å². The number of hydrogen-bond donors (Lipinski definition) is 1. The molecule has 0 saturated carbocycles. The standard InChI is InChI=1S/C22H22N2O2/c1-13-9-16-14(2)11-21(3,4)24-19(16)17(10-13)22(20(24)25)23-18-8-6-5-7-15(18)12-26-22/h5-11,23H,12H2,1-4H3/t22-/m0/s1. The lowest BCUT2D eigenvalue weighted by molar-refractivity contribution is -0.143. The van der Waals surface area contributed by atoms with E-state index < -0.39 is 11.3 Å². The third-order valence-corrected chi connectivity index (χ3v) is 5.70. The summed E-state index contributed by atoms with van der Waals surface area (Å²) in [6, 6.07) is 12.3. The molecule has 0 aromatic heterocycles. The first-order valence-corrected chi connectivity index (χ1v) is 9.03. The molecule has 1 N–H and O–H groups in total. The summed E-state index contributed by atoms with van der Waals surface area (Å²) in [6.45, 7) is 8.77. The zero-order chi connectivity index (χ0) is 18.3. The van der Waals surface area contributed by atoms with Crippen molar-refractivity contribution in [1.82, 2.24) is 0 Å². The zero-order valence-electron chi connectivity index (χ0n) is 15.5. The second-order valence-corrected chi connectivity index (χ2v) is 8.08. The van der Waals surface area contributed by atoms with Gasteiger partial charge in [0.2, 0.25) is 5.72 Å². The summed E-state index contributed by atoms with van der Waals surface area (Å²) in [4.78, 5) is 15.6. The number of nitrogens with one attached hydrogen (secondary N) is 1. The quantitative estimate of drug-likeness (QED) is 0.772. The van der Waals surface area contributed by atoms with Gasteiger partial charge in [0.05, 0.1) is 17.8 Å². The maximum atomic E-state index is 13.7. The van der Waals surface area contributed by atoms with E-state index in [1.54, 1.807) is 0 Å². The molecule has 3 aliphatic heterocycles. The minimum Gasteiger partial charge on any atom is -0.345 e. The monoisotopic (exact) mass is 346 g/mol. The summed E-state index contributed by atoms with van der Waals surface area (Å²) in [7, 11) is 0. The molecule has 2 aromatic carbocycles. The molecule has 3 heterocycles. The number of amides is 1. The van der Waals surface area contributed by atoms with Crippen LogP contribution < -0.4 is 10.2 Å². The van der Waals surface area contributed by atoms with E-state index in [-0.39, 0.29) is 5.91 Å². The van der Waals surface area contributed by atoms with Crippen LogP contribution in [0, 0.1) is 6.92 Å². The molecule has 1 atom stereocenters. The summed E-state index contributed by atoms with van der Waals surface area (Å²) in [6.07, 6.45) is 2.17. The van der Waals surface area contributed by atoms with Gasteiger partial charge in [-0.3, -0.25) is 9.69 Å². The van der Waals surface area contributed by atoms with Gasteiger partial charge in [0.25, 0.3) is 5.91 Å². The number of para-hydroxylation sites is 1. The fourth-order valence-corrected chi connectivity index (χ4v) is 4.63. The van der Waals surface area contributed by atoms with Crippen molar-refractivity contribution >= 4 is 22.9 Å². The molecule has 0 bridgehead atoms. The minimum atomic E-state index is -1.15. The Morgan fingerprint density at radius 1 is 1.15 bits per heavy atom. The average molecular weight is 346 g/mol. The van der Waals surface area contributed by atoms with Crippen LogP contribution in [0.5, 0.6) is 0 Å². The normalized spacial score (nSPS) is 24.8. The third-order valence-electron chi connectivity index (χ3n) is 5.70. The highest BCUT2D eigenvalue weighted by molar-refractivity contribution is 6.13. The molecule has 132 valence electrons. The number of carbonyl (C=O) groups is 1. The first-order valence-electron chi connectivity index (χ1n) is 9.03. The molecule has 1 amide bonds. The number of aryl methyl sites for hydroxylation is 1. The van der Waals surface area contributed by atoms with Crippen molar-refractivity contribution in [2.24, 2.45) is 0 Å². The first kappa shape index (κ1) is 15.6. The largest absolute Gasteiger partial charge is 0.345 e. The highest BCUT2D eigenvalue weighted by Crippen LogP contribution is 2.54. The van der Waals surface area contributed by atoms with Crippen molar-refractivity contribution in [1.29, 1.82) is 0 Å². The van der Waals surface area contributed by atoms with Gasteiger partial charge in [-0.25, -0.2) is 0 Å². The van der Waals surface area contributed by atoms with Gasteiger partial charge < -0.3 is 10.1 Å². The van der Waals surface area contributed by atoms with Crippen molar-refractivity contribution in [3.63, 3.8) is 0 Å². The Morgan fingerprint density at radius 3 is 2.73 bits per heavy atom. The maximum absolute atomic E-state index is 13.7. The first-order chi connectivity index (χ1) is 12.3. The molecule has 26 heavy (non-hydrogen) atoms. The summed E-state index contributed by atoms with van der Waals surface area (Å²) in [5.41, 5.74) is 5.84. The Labute approximate surface area is 153 Å². The van der Waals surface area contributed by atoms with E-state index in [4.69, 9.17) is 4.74 Å². The van der Waals surface area contributed by atoms with Crippen LogP contribution in [0.4, 0.5) is 11.4 Å². The maximum Gasteiger partial charge on any atom is 0.286 e. The summed E-state index contributed by atoms with van der Waals surface area (Å²) in [5.74, 6) is -0.0393. The second kappa shape index (κ2) is 4.77. The van der Waals surface area contributed by atoms with E-state index >= 15 is 0 Å². The van der Waals surface area contributed by atoms with Gasteiger partial charge in [-0.15, -0.1) is 0 Å². The molecule has 1 spiro atoms. The van der Waals surface area contributed by atoms with Crippen molar-refractivity contribution in [2.45, 2.75) is 45.6 Å². The van der Waals surface area contributed by atoms with Crippen molar-refractivity contribution in [2.75, 3.05) is 10.2 Å². The number of ether oxygens (including phenoxy) is 1. The van der Waals surface area contributed by atoms with Crippen LogP contribution in [0.15, 0.2) is 42.5 Å². The van der Waals surface area contributed by atoms with Crippen molar-refractivity contribution < 1.29 is 9.53 Å². The third kappa shape index (κ3) is 1.80. The van der Waals surface area contributed by atoms with Crippen LogP contribution in [-0.2, 0) is 21.9 Å². The molecule has 2 aromatic rings. The lowest BCUT2D eigenvalue weighted by Gasteiger charge is -2.40. The molecular weight excluding hydrogens is 324 g/mol. The fraction of sp³-hybridized carbons (Fsp3) is 0.318. The predicted octanol–water partition coefficient (Wildman–Crippen LogP) is 4.33. The van der Waals surface area contributed by atoms with Gasteiger partial charge in [0.1, 0.15) is 0 Å². The van der Waals surface area contributed by atoms with Gasteiger partial charge in [-0.2, -0.15) is 0 Å². The molecule has 0 saturated heterocycles. The molecule has 0 aliphatic carbocycles. The number of benzene rings is 2. The van der Waals surface area contributed by atoms with E-state index in [0.29, 0.717) is 6.61 Å². The minimum absolute atomic E-state index is 0.0393. The van der Waals surface area contributed by atoms with Crippen molar-refractivity contribution in [3.8, 4) is 0 Å². The van der Waals surface area contributed by atoms with E-state index in [1.165, 1.54) is 5.57 Å². The zero-order valence-corrected chi connectivity index (χ0v) is 15.5. The van der Waals surface area contributed by atoms with Crippen LogP contribution in [0.3, 0.4) is 0 Å². The van der Waals surface area contributed by atoms with Gasteiger partial charge >= 0.3 is 0 Å². The van der Waals surface area contributed by atoms with Crippen LogP contribution in [0.25, 0.3) is 5.57 Å². The molecule has 0 fully saturated rings. The highest BCUT2D eigenvalue weighted by atomic mass is 16.5. The van der Waals surface area contributed by atoms with Crippen LogP contribution in [-0.4, -0.2) is 11.4 Å². The van der Waals surface area contributed by atoms with Crippen LogP contribution >= 0.6 is 0 Å². The Bertz CT molecular complexity index is 1010. The van der Waals surface area contributed by atoms with E-state index in [0.717, 1.165) is 33.6 Å². The second-order valence-electron chi connectivity index (χ2n) is 8.08. The Morgan fingerprint density at radius 2 is 1.92 bits per heavy atom. The summed E-state index contributed by atoms with van der Waals surface area (Å²) >= 11 is 0. The fourth-order valence-electron chi connectivity index (χ4n) is 4.63. The Hall–Kier alpha value is -2.59. The Balaban J connectivity index is 1.79. The molecule has 4 heteroatoms. The van der Waals surface area contributed by atoms with Gasteiger partial charge in [0, 0.05) is 22.4 Å². The molecule has 4 nitrogen and oxygen atoms in total. The SMILES string of the molecule is CC1=CC(C)(C)N2C(=O)[C@]3(Nc4ccccc4CO3)c3cc(C)cc1c32. The molecule has 3 aliphatic rings. The molecule has 5 rings (SSSR count). The summed E-state index contributed by atoms with van der Waals surface area (Å²) < 4.78 is 6.26. The van der Waals surface area contributed by atoms with E-state index in [9.17, 15) is 4.79 Å². The number of hydrogen-bond acceptors (Lipinski definition) is 3. The highest BCUT2D eigenvalue weighted by Gasteiger charge is 2.58. The van der Waals surface area contributed by atoms with Gasteiger partial charge in [-0.1, -0.05) is 24.3 Å². The molecule has 0 unspecified atom stereocenters. The smallest absolute Gasteiger partial charge is 0.286 e. The predicted molar refractivity (Wildman–Crippen MR) is 103 cm³/mol. The number of fused-ring (bicyclic) bond motifs is 2.